The molecule has 0 aromatic heterocycles. The van der Waals surface area contributed by atoms with Crippen molar-refractivity contribution in [1.29, 1.82) is 0 Å². The fraction of sp³-hybridized carbons (Fsp3) is 0.727. The SMILES string of the molecule is CCCCCCCNC1=C(C)C(=O)C(NCCCCCCC)=C(OC)C1=O. The van der Waals surface area contributed by atoms with E-state index in [2.05, 4.69) is 24.5 Å². The van der Waals surface area contributed by atoms with Crippen LogP contribution in [-0.4, -0.2) is 31.8 Å². The van der Waals surface area contributed by atoms with E-state index in [1.165, 1.54) is 45.6 Å². The maximum atomic E-state index is 12.8. The zero-order valence-electron chi connectivity index (χ0n) is 17.7. The van der Waals surface area contributed by atoms with Gasteiger partial charge < -0.3 is 15.4 Å². The first kappa shape index (κ1) is 23.3. The summed E-state index contributed by atoms with van der Waals surface area (Å²) in [5.41, 5.74) is 1.17. The van der Waals surface area contributed by atoms with Gasteiger partial charge >= 0.3 is 0 Å². The van der Waals surface area contributed by atoms with E-state index in [0.717, 1.165) is 25.7 Å². The van der Waals surface area contributed by atoms with Crippen LogP contribution in [0.15, 0.2) is 22.7 Å². The molecule has 0 aliphatic heterocycles. The molecule has 1 rings (SSSR count). The molecule has 0 spiro atoms. The highest BCUT2D eigenvalue weighted by Crippen LogP contribution is 2.22. The molecule has 5 heteroatoms. The Bertz CT molecular complexity index is 550. The first-order valence-electron chi connectivity index (χ1n) is 10.6. The van der Waals surface area contributed by atoms with Crippen molar-refractivity contribution in [2.75, 3.05) is 20.2 Å². The Balaban J connectivity index is 2.61. The molecule has 0 aromatic carbocycles. The first-order chi connectivity index (χ1) is 13.1. The van der Waals surface area contributed by atoms with E-state index < -0.39 is 0 Å². The molecule has 0 saturated carbocycles. The summed E-state index contributed by atoms with van der Waals surface area (Å²) >= 11 is 0. The molecule has 0 aromatic rings. The number of hydrogen-bond donors (Lipinski definition) is 2. The van der Waals surface area contributed by atoms with E-state index in [0.29, 0.717) is 30.1 Å². The monoisotopic (exact) mass is 378 g/mol. The maximum Gasteiger partial charge on any atom is 0.246 e. The summed E-state index contributed by atoms with van der Waals surface area (Å²) in [4.78, 5) is 25.5. The van der Waals surface area contributed by atoms with Gasteiger partial charge in [0, 0.05) is 18.7 Å². The van der Waals surface area contributed by atoms with Gasteiger partial charge in [-0.15, -0.1) is 0 Å². The fourth-order valence-corrected chi connectivity index (χ4v) is 3.25. The highest BCUT2D eigenvalue weighted by Gasteiger charge is 2.33. The van der Waals surface area contributed by atoms with Crippen LogP contribution in [0, 0.1) is 0 Å². The van der Waals surface area contributed by atoms with Gasteiger partial charge in [0.2, 0.25) is 11.6 Å². The van der Waals surface area contributed by atoms with Crippen LogP contribution in [0.25, 0.3) is 0 Å². The van der Waals surface area contributed by atoms with Crippen molar-refractivity contribution in [3.63, 3.8) is 0 Å². The highest BCUT2D eigenvalue weighted by atomic mass is 16.5. The van der Waals surface area contributed by atoms with Crippen LogP contribution in [0.4, 0.5) is 0 Å². The van der Waals surface area contributed by atoms with Crippen molar-refractivity contribution in [3.8, 4) is 0 Å². The molecular formula is C22H38N2O3. The molecule has 0 saturated heterocycles. The third-order valence-electron chi connectivity index (χ3n) is 4.97. The van der Waals surface area contributed by atoms with Gasteiger partial charge in [-0.1, -0.05) is 65.2 Å². The molecule has 2 N–H and O–H groups in total. The maximum absolute atomic E-state index is 12.8. The van der Waals surface area contributed by atoms with Crippen LogP contribution < -0.4 is 10.6 Å². The zero-order valence-corrected chi connectivity index (χ0v) is 17.7. The van der Waals surface area contributed by atoms with Gasteiger partial charge in [0.15, 0.2) is 5.76 Å². The molecule has 0 amide bonds. The first-order valence-corrected chi connectivity index (χ1v) is 10.6. The van der Waals surface area contributed by atoms with Gasteiger partial charge in [-0.25, -0.2) is 0 Å². The number of Topliss-reactive ketones (excluding diaryl/α,β-unsaturated/α-hetero) is 2. The quantitative estimate of drug-likeness (QED) is 0.327. The minimum atomic E-state index is -0.225. The van der Waals surface area contributed by atoms with Gasteiger partial charge in [-0.05, 0) is 19.8 Å². The Hall–Kier alpha value is -1.78. The van der Waals surface area contributed by atoms with Crippen LogP contribution in [0.1, 0.15) is 85.0 Å². The van der Waals surface area contributed by atoms with Crippen molar-refractivity contribution < 1.29 is 14.3 Å². The number of ether oxygens (including phenoxy) is 1. The fourth-order valence-electron chi connectivity index (χ4n) is 3.25. The summed E-state index contributed by atoms with van der Waals surface area (Å²) in [7, 11) is 1.45. The second kappa shape index (κ2) is 13.4. The molecule has 0 radical (unpaired) electrons. The van der Waals surface area contributed by atoms with Crippen molar-refractivity contribution >= 4 is 11.6 Å². The molecule has 154 valence electrons. The average Bonchev–Trinajstić information content (AvgIpc) is 2.67. The molecule has 5 nitrogen and oxygen atoms in total. The van der Waals surface area contributed by atoms with Crippen molar-refractivity contribution in [2.24, 2.45) is 0 Å². The Morgan fingerprint density at radius 3 is 1.67 bits per heavy atom. The van der Waals surface area contributed by atoms with E-state index in [9.17, 15) is 9.59 Å². The van der Waals surface area contributed by atoms with E-state index in [-0.39, 0.29) is 17.3 Å². The molecule has 0 atom stereocenters. The summed E-state index contributed by atoms with van der Waals surface area (Å²) in [6.07, 6.45) is 11.5. The van der Waals surface area contributed by atoms with Gasteiger partial charge in [0.25, 0.3) is 0 Å². The van der Waals surface area contributed by atoms with Crippen LogP contribution >= 0.6 is 0 Å². The number of carbonyl (C=O) groups excluding carboxylic acids is 2. The lowest BCUT2D eigenvalue weighted by Crippen LogP contribution is -2.36. The lowest BCUT2D eigenvalue weighted by atomic mass is 9.96. The van der Waals surface area contributed by atoms with Crippen molar-refractivity contribution in [2.45, 2.75) is 85.0 Å². The Labute approximate surface area is 165 Å². The third-order valence-corrected chi connectivity index (χ3v) is 4.97. The number of nitrogens with one attached hydrogen (secondary N) is 2. The number of ketones is 2. The average molecular weight is 379 g/mol. The van der Waals surface area contributed by atoms with Gasteiger partial charge in [-0.3, -0.25) is 9.59 Å². The smallest absolute Gasteiger partial charge is 0.246 e. The van der Waals surface area contributed by atoms with Crippen LogP contribution in [-0.2, 0) is 14.3 Å². The Kier molecular flexibility index (Phi) is 11.5. The Morgan fingerprint density at radius 2 is 1.19 bits per heavy atom. The predicted octanol–water partition coefficient (Wildman–Crippen LogP) is 4.39. The van der Waals surface area contributed by atoms with Gasteiger partial charge in [0.05, 0.1) is 12.8 Å². The number of methoxy groups -OCH3 is 1. The van der Waals surface area contributed by atoms with Gasteiger partial charge in [-0.2, -0.15) is 0 Å². The molecule has 0 fully saturated rings. The largest absolute Gasteiger partial charge is 0.491 e. The number of rotatable bonds is 15. The summed E-state index contributed by atoms with van der Waals surface area (Å²) in [6, 6.07) is 0. The minimum Gasteiger partial charge on any atom is -0.491 e. The standard InChI is InChI=1S/C22H38N2O3/c1-5-7-9-11-13-15-23-18-17(3)20(25)19(22(27-4)21(18)26)24-16-14-12-10-8-6-2/h23-24H,5-16H2,1-4H3. The summed E-state index contributed by atoms with van der Waals surface area (Å²) in [5, 5.41) is 6.31. The lowest BCUT2D eigenvalue weighted by molar-refractivity contribution is -0.119. The predicted molar refractivity (Wildman–Crippen MR) is 110 cm³/mol. The van der Waals surface area contributed by atoms with Crippen LogP contribution in [0.3, 0.4) is 0 Å². The van der Waals surface area contributed by atoms with Crippen molar-refractivity contribution in [1.82, 2.24) is 10.6 Å². The molecular weight excluding hydrogens is 340 g/mol. The number of allylic oxidation sites excluding steroid dienone is 1. The normalized spacial score (nSPS) is 14.8. The molecule has 1 aliphatic carbocycles. The number of carbonyl (C=O) groups is 2. The second-order valence-corrected chi connectivity index (χ2v) is 7.25. The molecule has 0 heterocycles. The topological polar surface area (TPSA) is 67.4 Å². The molecule has 0 bridgehead atoms. The zero-order chi connectivity index (χ0) is 20.1. The van der Waals surface area contributed by atoms with Crippen LogP contribution in [0.2, 0.25) is 0 Å². The molecule has 1 aliphatic rings. The minimum absolute atomic E-state index is 0.132. The molecule has 27 heavy (non-hydrogen) atoms. The third kappa shape index (κ3) is 7.39. The van der Waals surface area contributed by atoms with Crippen LogP contribution in [0.5, 0.6) is 0 Å². The van der Waals surface area contributed by atoms with E-state index in [1.54, 1.807) is 6.92 Å². The summed E-state index contributed by atoms with van der Waals surface area (Å²) in [5.74, 6) is -0.238. The van der Waals surface area contributed by atoms with E-state index >= 15 is 0 Å². The molecule has 0 unspecified atom stereocenters. The lowest BCUT2D eigenvalue weighted by Gasteiger charge is -2.23. The summed E-state index contributed by atoms with van der Waals surface area (Å²) < 4.78 is 5.29. The summed E-state index contributed by atoms with van der Waals surface area (Å²) in [6.45, 7) is 7.47. The van der Waals surface area contributed by atoms with Crippen molar-refractivity contribution in [3.05, 3.63) is 22.7 Å². The van der Waals surface area contributed by atoms with E-state index in [1.807, 2.05) is 0 Å². The highest BCUT2D eigenvalue weighted by molar-refractivity contribution is 6.23. The van der Waals surface area contributed by atoms with E-state index in [4.69, 9.17) is 4.74 Å². The van der Waals surface area contributed by atoms with Gasteiger partial charge in [0.1, 0.15) is 5.70 Å². The number of unbranched alkanes of at least 4 members (excludes halogenated alkanes) is 8. The Morgan fingerprint density at radius 1 is 0.704 bits per heavy atom. The second-order valence-electron chi connectivity index (χ2n) is 7.25. The number of hydrogen-bond acceptors (Lipinski definition) is 5.